The molecule has 1 rings (SSSR count). The van der Waals surface area contributed by atoms with Gasteiger partial charge in [0.15, 0.2) is 0 Å². The highest BCUT2D eigenvalue weighted by Gasteiger charge is 2.13. The van der Waals surface area contributed by atoms with E-state index < -0.39 is 0 Å². The smallest absolute Gasteiger partial charge is 0.340 e. The monoisotopic (exact) mass is 266 g/mol. The minimum atomic E-state index is -0.364. The van der Waals surface area contributed by atoms with E-state index in [0.29, 0.717) is 36.9 Å². The quantitative estimate of drug-likeness (QED) is 0.584. The molecule has 1 aromatic rings. The molecule has 5 nitrogen and oxygen atoms in total. The van der Waals surface area contributed by atoms with Crippen molar-refractivity contribution in [2.75, 3.05) is 37.9 Å². The maximum Gasteiger partial charge on any atom is 0.340 e. The number of anilines is 2. The topological polar surface area (TPSA) is 73.6 Å². The van der Waals surface area contributed by atoms with Gasteiger partial charge in [-0.3, -0.25) is 0 Å². The first-order valence-electron chi connectivity index (χ1n) is 6.38. The second-order valence-electron chi connectivity index (χ2n) is 4.47. The number of carbonyl (C=O) groups is 1. The van der Waals surface area contributed by atoms with E-state index in [1.54, 1.807) is 32.2 Å². The molecule has 1 atom stereocenters. The maximum atomic E-state index is 11.8. The molecular formula is C14H22N2O3. The van der Waals surface area contributed by atoms with Crippen LogP contribution in [-0.4, -0.2) is 32.8 Å². The molecule has 0 saturated carbocycles. The lowest BCUT2D eigenvalue weighted by Crippen LogP contribution is -2.18. The number of nitrogens with one attached hydrogen (secondary N) is 1. The fourth-order valence-corrected chi connectivity index (χ4v) is 1.72. The molecule has 0 saturated heterocycles. The number of hydrogen-bond donors (Lipinski definition) is 2. The minimum absolute atomic E-state index is 0.340. The molecule has 0 heterocycles. The second-order valence-corrected chi connectivity index (χ2v) is 4.47. The average Bonchev–Trinajstić information content (AvgIpc) is 2.38. The van der Waals surface area contributed by atoms with Gasteiger partial charge in [0.2, 0.25) is 0 Å². The Labute approximate surface area is 114 Å². The third kappa shape index (κ3) is 4.79. The highest BCUT2D eigenvalue weighted by molar-refractivity contribution is 5.96. The molecule has 106 valence electrons. The van der Waals surface area contributed by atoms with Crippen LogP contribution < -0.4 is 11.1 Å². The zero-order valence-corrected chi connectivity index (χ0v) is 11.7. The third-order valence-electron chi connectivity index (χ3n) is 2.63. The van der Waals surface area contributed by atoms with Crippen LogP contribution in [0.25, 0.3) is 0 Å². The van der Waals surface area contributed by atoms with Crippen molar-refractivity contribution in [3.63, 3.8) is 0 Å². The van der Waals surface area contributed by atoms with Crippen molar-refractivity contribution in [2.45, 2.75) is 13.8 Å². The van der Waals surface area contributed by atoms with Crippen LogP contribution >= 0.6 is 0 Å². The highest BCUT2D eigenvalue weighted by Crippen LogP contribution is 2.20. The van der Waals surface area contributed by atoms with Crippen LogP contribution in [0.5, 0.6) is 0 Å². The van der Waals surface area contributed by atoms with Gasteiger partial charge >= 0.3 is 5.97 Å². The van der Waals surface area contributed by atoms with Crippen LogP contribution in [0.4, 0.5) is 11.4 Å². The summed E-state index contributed by atoms with van der Waals surface area (Å²) in [4.78, 5) is 11.8. The molecule has 5 heteroatoms. The van der Waals surface area contributed by atoms with Gasteiger partial charge in [-0.15, -0.1) is 0 Å². The van der Waals surface area contributed by atoms with E-state index in [1.807, 2.05) is 0 Å². The van der Waals surface area contributed by atoms with Gasteiger partial charge in [0.1, 0.15) is 0 Å². The van der Waals surface area contributed by atoms with Crippen LogP contribution in [-0.2, 0) is 9.47 Å². The van der Waals surface area contributed by atoms with Crippen LogP contribution in [0.15, 0.2) is 18.2 Å². The Bertz CT molecular complexity index is 421. The lowest BCUT2D eigenvalue weighted by Gasteiger charge is -2.15. The zero-order valence-electron chi connectivity index (χ0n) is 11.7. The van der Waals surface area contributed by atoms with Gasteiger partial charge in [0, 0.05) is 25.0 Å². The van der Waals surface area contributed by atoms with E-state index in [4.69, 9.17) is 15.2 Å². The number of ether oxygens (including phenoxy) is 2. The van der Waals surface area contributed by atoms with Gasteiger partial charge in [-0.05, 0) is 31.0 Å². The summed E-state index contributed by atoms with van der Waals surface area (Å²) in [6.45, 7) is 5.56. The summed E-state index contributed by atoms with van der Waals surface area (Å²) >= 11 is 0. The Kier molecular flexibility index (Phi) is 6.15. The van der Waals surface area contributed by atoms with Gasteiger partial charge in [-0.2, -0.15) is 0 Å². The van der Waals surface area contributed by atoms with Crippen molar-refractivity contribution in [1.29, 1.82) is 0 Å². The molecule has 0 amide bonds. The molecule has 1 aromatic carbocycles. The Morgan fingerprint density at radius 3 is 2.84 bits per heavy atom. The van der Waals surface area contributed by atoms with Crippen LogP contribution in [0, 0.1) is 5.92 Å². The van der Waals surface area contributed by atoms with Gasteiger partial charge in [-0.1, -0.05) is 6.92 Å². The number of nitrogens with two attached hydrogens (primary N) is 1. The molecule has 0 spiro atoms. The maximum absolute atomic E-state index is 11.8. The minimum Gasteiger partial charge on any atom is -0.462 e. The van der Waals surface area contributed by atoms with Crippen molar-refractivity contribution in [1.82, 2.24) is 0 Å². The van der Waals surface area contributed by atoms with Crippen LogP contribution in [0.2, 0.25) is 0 Å². The van der Waals surface area contributed by atoms with E-state index in [9.17, 15) is 4.79 Å². The van der Waals surface area contributed by atoms with Crippen LogP contribution in [0.1, 0.15) is 24.2 Å². The molecule has 3 N–H and O–H groups in total. The zero-order chi connectivity index (χ0) is 14.3. The van der Waals surface area contributed by atoms with Crippen molar-refractivity contribution in [3.8, 4) is 0 Å². The summed E-state index contributed by atoms with van der Waals surface area (Å²) in [6, 6.07) is 5.18. The number of esters is 1. The van der Waals surface area contributed by atoms with Gasteiger partial charge in [0.05, 0.1) is 18.8 Å². The molecule has 0 fully saturated rings. The van der Waals surface area contributed by atoms with E-state index in [1.165, 1.54) is 0 Å². The molecule has 0 bridgehead atoms. The normalized spacial score (nSPS) is 11.9. The summed E-state index contributed by atoms with van der Waals surface area (Å²) < 4.78 is 10.1. The fraction of sp³-hybridized carbons (Fsp3) is 0.500. The number of nitrogen functional groups attached to an aromatic ring is 1. The first-order valence-corrected chi connectivity index (χ1v) is 6.38. The predicted octanol–water partition coefficient (Wildman–Crippen LogP) is 2.14. The number of hydrogen-bond acceptors (Lipinski definition) is 5. The summed E-state index contributed by atoms with van der Waals surface area (Å²) in [5.74, 6) is -0.0192. The average molecular weight is 266 g/mol. The van der Waals surface area contributed by atoms with Crippen LogP contribution in [0.3, 0.4) is 0 Å². The number of rotatable bonds is 7. The summed E-state index contributed by atoms with van der Waals surface area (Å²) in [7, 11) is 1.67. The largest absolute Gasteiger partial charge is 0.462 e. The number of methoxy groups -OCH3 is 1. The lowest BCUT2D eigenvalue weighted by atomic mass is 10.1. The van der Waals surface area contributed by atoms with Gasteiger partial charge < -0.3 is 20.5 Å². The molecule has 19 heavy (non-hydrogen) atoms. The second kappa shape index (κ2) is 7.63. The van der Waals surface area contributed by atoms with Crippen molar-refractivity contribution in [3.05, 3.63) is 23.8 Å². The summed E-state index contributed by atoms with van der Waals surface area (Å²) in [5.41, 5.74) is 7.45. The predicted molar refractivity (Wildman–Crippen MR) is 76.3 cm³/mol. The fourth-order valence-electron chi connectivity index (χ4n) is 1.72. The Hall–Kier alpha value is -1.75. The van der Waals surface area contributed by atoms with Crippen molar-refractivity contribution < 1.29 is 14.3 Å². The van der Waals surface area contributed by atoms with E-state index >= 15 is 0 Å². The highest BCUT2D eigenvalue weighted by atomic mass is 16.5. The molecule has 0 aromatic heterocycles. The molecule has 0 aliphatic carbocycles. The Morgan fingerprint density at radius 2 is 2.21 bits per heavy atom. The van der Waals surface area contributed by atoms with Crippen molar-refractivity contribution >= 4 is 17.3 Å². The summed E-state index contributed by atoms with van der Waals surface area (Å²) in [6.07, 6.45) is 0. The first kappa shape index (κ1) is 15.3. The molecule has 1 unspecified atom stereocenters. The van der Waals surface area contributed by atoms with Gasteiger partial charge in [-0.25, -0.2) is 4.79 Å². The Balaban J connectivity index is 2.79. The first-order chi connectivity index (χ1) is 9.08. The third-order valence-corrected chi connectivity index (χ3v) is 2.63. The number of benzene rings is 1. The standard InChI is InChI=1S/C14H22N2O3/c1-4-19-14(17)12-7-11(15)5-6-13(12)16-8-10(2)9-18-3/h5-7,10,16H,4,8-9,15H2,1-3H3. The molecule has 0 radical (unpaired) electrons. The van der Waals surface area contributed by atoms with Gasteiger partial charge in [0.25, 0.3) is 0 Å². The lowest BCUT2D eigenvalue weighted by molar-refractivity contribution is 0.0527. The SMILES string of the molecule is CCOC(=O)c1cc(N)ccc1NCC(C)COC. The molecular weight excluding hydrogens is 244 g/mol. The van der Waals surface area contributed by atoms with Crippen molar-refractivity contribution in [2.24, 2.45) is 5.92 Å². The molecule has 0 aliphatic rings. The molecule has 0 aliphatic heterocycles. The Morgan fingerprint density at radius 1 is 1.47 bits per heavy atom. The van der Waals surface area contributed by atoms with E-state index in [-0.39, 0.29) is 5.97 Å². The van der Waals surface area contributed by atoms with E-state index in [0.717, 1.165) is 5.69 Å². The summed E-state index contributed by atoms with van der Waals surface area (Å²) in [5, 5.41) is 3.23. The van der Waals surface area contributed by atoms with E-state index in [2.05, 4.69) is 12.2 Å². The number of carbonyl (C=O) groups excluding carboxylic acids is 1.